The highest BCUT2D eigenvalue weighted by molar-refractivity contribution is 5.94. The summed E-state index contributed by atoms with van der Waals surface area (Å²) < 4.78 is 0. The molecule has 0 aromatic heterocycles. The molecule has 0 unspecified atom stereocenters. The fourth-order valence-corrected chi connectivity index (χ4v) is 0.818. The molecule has 0 radical (unpaired) electrons. The molecule has 0 bridgehead atoms. The summed E-state index contributed by atoms with van der Waals surface area (Å²) in [5, 5.41) is 25.5. The van der Waals surface area contributed by atoms with Crippen molar-refractivity contribution < 1.29 is 19.9 Å². The van der Waals surface area contributed by atoms with Gasteiger partial charge in [-0.1, -0.05) is 0 Å². The first kappa shape index (κ1) is 14.2. The number of hydrogen-bond acceptors (Lipinski definition) is 5. The van der Waals surface area contributed by atoms with E-state index in [0.29, 0.717) is 5.56 Å². The summed E-state index contributed by atoms with van der Waals surface area (Å²) in [5.41, 5.74) is 0.487. The molecule has 0 aliphatic carbocycles. The summed E-state index contributed by atoms with van der Waals surface area (Å²) in [4.78, 5) is 20.5. The van der Waals surface area contributed by atoms with Crippen molar-refractivity contribution in [2.45, 2.75) is 6.92 Å². The molecule has 0 aliphatic heterocycles. The van der Waals surface area contributed by atoms with Crippen LogP contribution in [0.4, 0.5) is 5.69 Å². The minimum atomic E-state index is -0.496. The van der Waals surface area contributed by atoms with Crippen molar-refractivity contribution in [1.82, 2.24) is 0 Å². The normalized spacial score (nSPS) is 8.94. The van der Waals surface area contributed by atoms with E-state index in [-0.39, 0.29) is 24.7 Å². The van der Waals surface area contributed by atoms with Crippen LogP contribution in [0.2, 0.25) is 0 Å². The molecular weight excluding hydrogens is 214 g/mol. The predicted molar refractivity (Wildman–Crippen MR) is 57.3 cm³/mol. The molecular formula is C10H13NO5. The summed E-state index contributed by atoms with van der Waals surface area (Å²) in [6, 6.07) is 5.52. The number of hydrogen-bond donors (Lipinski definition) is 2. The fourth-order valence-electron chi connectivity index (χ4n) is 0.818. The Morgan fingerprint density at radius 2 is 1.69 bits per heavy atom. The van der Waals surface area contributed by atoms with Crippen LogP contribution >= 0.6 is 0 Å². The van der Waals surface area contributed by atoms with Gasteiger partial charge in [0.1, 0.15) is 0 Å². The summed E-state index contributed by atoms with van der Waals surface area (Å²) in [6.45, 7) is 1.17. The molecule has 16 heavy (non-hydrogen) atoms. The number of aliphatic hydroxyl groups excluding tert-OH is 2. The number of carbonyl (C=O) groups excluding carboxylic acids is 1. The fraction of sp³-hybridized carbons (Fsp3) is 0.300. The van der Waals surface area contributed by atoms with Crippen LogP contribution in [0, 0.1) is 10.1 Å². The Morgan fingerprint density at radius 1 is 1.25 bits per heavy atom. The van der Waals surface area contributed by atoms with E-state index in [1.54, 1.807) is 0 Å². The number of benzene rings is 1. The molecule has 0 aliphatic rings. The molecule has 0 fully saturated rings. The minimum Gasteiger partial charge on any atom is -0.394 e. The lowest BCUT2D eigenvalue weighted by molar-refractivity contribution is -0.384. The smallest absolute Gasteiger partial charge is 0.269 e. The molecule has 0 atom stereocenters. The van der Waals surface area contributed by atoms with Gasteiger partial charge in [0.25, 0.3) is 5.69 Å². The van der Waals surface area contributed by atoms with Crippen molar-refractivity contribution in [3.63, 3.8) is 0 Å². The Bertz CT molecular complexity index is 312. The molecule has 0 heterocycles. The quantitative estimate of drug-likeness (QED) is 0.451. The van der Waals surface area contributed by atoms with Crippen molar-refractivity contribution >= 4 is 11.5 Å². The molecule has 0 spiro atoms. The summed E-state index contributed by atoms with van der Waals surface area (Å²) >= 11 is 0. The monoisotopic (exact) mass is 227 g/mol. The van der Waals surface area contributed by atoms with Gasteiger partial charge in [-0.25, -0.2) is 0 Å². The van der Waals surface area contributed by atoms with Crippen LogP contribution in [0.15, 0.2) is 24.3 Å². The first-order valence-electron chi connectivity index (χ1n) is 4.50. The summed E-state index contributed by atoms with van der Waals surface area (Å²) in [6.07, 6.45) is 0. The van der Waals surface area contributed by atoms with Gasteiger partial charge in [0, 0.05) is 17.7 Å². The largest absolute Gasteiger partial charge is 0.394 e. The van der Waals surface area contributed by atoms with E-state index in [0.717, 1.165) is 0 Å². The lowest BCUT2D eigenvalue weighted by Gasteiger charge is -1.93. The number of Topliss-reactive ketones (excluding diaryl/α,β-unsaturated/α-hetero) is 1. The van der Waals surface area contributed by atoms with Crippen molar-refractivity contribution in [2.75, 3.05) is 13.2 Å². The highest BCUT2D eigenvalue weighted by Gasteiger charge is 2.05. The third-order valence-electron chi connectivity index (χ3n) is 1.58. The topological polar surface area (TPSA) is 101 Å². The van der Waals surface area contributed by atoms with Gasteiger partial charge in [-0.3, -0.25) is 14.9 Å². The summed E-state index contributed by atoms with van der Waals surface area (Å²) in [5.74, 6) is -0.0927. The molecule has 0 saturated carbocycles. The zero-order chi connectivity index (χ0) is 12.6. The van der Waals surface area contributed by atoms with Gasteiger partial charge in [-0.05, 0) is 19.1 Å². The molecule has 6 nitrogen and oxygen atoms in total. The van der Waals surface area contributed by atoms with Gasteiger partial charge in [0.15, 0.2) is 5.78 Å². The van der Waals surface area contributed by atoms with E-state index in [1.807, 2.05) is 0 Å². The number of rotatable bonds is 3. The SMILES string of the molecule is CC(=O)c1ccc([N+](=O)[O-])cc1.OCCO. The van der Waals surface area contributed by atoms with Crippen molar-refractivity contribution in [3.05, 3.63) is 39.9 Å². The molecule has 6 heteroatoms. The van der Waals surface area contributed by atoms with E-state index < -0.39 is 4.92 Å². The van der Waals surface area contributed by atoms with E-state index in [2.05, 4.69) is 0 Å². The number of ketones is 1. The Labute approximate surface area is 92.3 Å². The van der Waals surface area contributed by atoms with Gasteiger partial charge >= 0.3 is 0 Å². The average molecular weight is 227 g/mol. The molecule has 0 saturated heterocycles. The Hall–Kier alpha value is -1.79. The highest BCUT2D eigenvalue weighted by Crippen LogP contribution is 2.11. The zero-order valence-corrected chi connectivity index (χ0v) is 8.79. The van der Waals surface area contributed by atoms with E-state index in [4.69, 9.17) is 10.2 Å². The van der Waals surface area contributed by atoms with Gasteiger partial charge in [-0.15, -0.1) is 0 Å². The number of nitro groups is 1. The van der Waals surface area contributed by atoms with Crippen molar-refractivity contribution in [3.8, 4) is 0 Å². The first-order valence-corrected chi connectivity index (χ1v) is 4.50. The second-order valence-electron chi connectivity index (χ2n) is 2.81. The summed E-state index contributed by atoms with van der Waals surface area (Å²) in [7, 11) is 0. The van der Waals surface area contributed by atoms with Crippen LogP contribution in [0.5, 0.6) is 0 Å². The Kier molecular flexibility index (Phi) is 6.66. The molecule has 0 amide bonds. The molecule has 2 N–H and O–H groups in total. The molecule has 1 aromatic rings. The van der Waals surface area contributed by atoms with Crippen molar-refractivity contribution in [1.29, 1.82) is 0 Å². The third-order valence-corrected chi connectivity index (χ3v) is 1.58. The lowest BCUT2D eigenvalue weighted by atomic mass is 10.1. The zero-order valence-electron chi connectivity index (χ0n) is 8.79. The molecule has 1 aromatic carbocycles. The van der Waals surface area contributed by atoms with Crippen molar-refractivity contribution in [2.24, 2.45) is 0 Å². The maximum atomic E-state index is 10.8. The van der Waals surface area contributed by atoms with Crippen LogP contribution in [-0.2, 0) is 0 Å². The maximum absolute atomic E-state index is 10.8. The number of non-ortho nitro benzene ring substituents is 1. The van der Waals surface area contributed by atoms with Gasteiger partial charge in [0.05, 0.1) is 18.1 Å². The molecule has 88 valence electrons. The van der Waals surface area contributed by atoms with E-state index in [9.17, 15) is 14.9 Å². The van der Waals surface area contributed by atoms with Gasteiger partial charge in [0.2, 0.25) is 0 Å². The third kappa shape index (κ3) is 5.18. The number of aliphatic hydroxyl groups is 2. The Balaban J connectivity index is 0.000000487. The van der Waals surface area contributed by atoms with E-state index in [1.165, 1.54) is 31.2 Å². The number of nitrogens with zero attached hydrogens (tertiary/aromatic N) is 1. The standard InChI is InChI=1S/C8H7NO3.C2H6O2/c1-6(10)7-2-4-8(5-3-7)9(11)12;3-1-2-4/h2-5H,1H3;3-4H,1-2H2. The second-order valence-corrected chi connectivity index (χ2v) is 2.81. The lowest BCUT2D eigenvalue weighted by Crippen LogP contribution is -1.92. The Morgan fingerprint density at radius 3 is 1.94 bits per heavy atom. The van der Waals surface area contributed by atoms with Crippen LogP contribution in [0.1, 0.15) is 17.3 Å². The molecule has 1 rings (SSSR count). The van der Waals surface area contributed by atoms with Crippen LogP contribution in [0.3, 0.4) is 0 Å². The second kappa shape index (κ2) is 7.49. The maximum Gasteiger partial charge on any atom is 0.269 e. The van der Waals surface area contributed by atoms with Crippen LogP contribution in [0.25, 0.3) is 0 Å². The van der Waals surface area contributed by atoms with Crippen LogP contribution in [-0.4, -0.2) is 34.1 Å². The number of nitro benzene ring substituents is 1. The van der Waals surface area contributed by atoms with Gasteiger partial charge in [-0.2, -0.15) is 0 Å². The first-order chi connectivity index (χ1) is 7.52. The average Bonchev–Trinajstić information content (AvgIpc) is 2.29. The van der Waals surface area contributed by atoms with Gasteiger partial charge < -0.3 is 10.2 Å². The van der Waals surface area contributed by atoms with E-state index >= 15 is 0 Å². The number of carbonyl (C=O) groups is 1. The highest BCUT2D eigenvalue weighted by atomic mass is 16.6. The minimum absolute atomic E-state index is 0.000000000000000222. The predicted octanol–water partition coefficient (Wildman–Crippen LogP) is 0.768. The van der Waals surface area contributed by atoms with Crippen LogP contribution < -0.4 is 0 Å².